The molecular weight excluding hydrogens is 416 g/mol. The van der Waals surface area contributed by atoms with Gasteiger partial charge in [0.1, 0.15) is 17.2 Å². The van der Waals surface area contributed by atoms with Crippen LogP contribution in [-0.4, -0.2) is 25.0 Å². The molecular formula is C27H28N2O4. The molecule has 1 saturated heterocycles. The molecule has 0 unspecified atom stereocenters. The summed E-state index contributed by atoms with van der Waals surface area (Å²) in [5.41, 5.74) is 3.70. The van der Waals surface area contributed by atoms with Crippen LogP contribution in [0.25, 0.3) is 0 Å². The number of anilines is 2. The number of hydrogen-bond donors (Lipinski definition) is 1. The molecule has 1 heterocycles. The molecule has 0 bridgehead atoms. The molecule has 1 N–H and O–H groups in total. The number of amides is 2. The Morgan fingerprint density at radius 1 is 1.00 bits per heavy atom. The summed E-state index contributed by atoms with van der Waals surface area (Å²) in [6.45, 7) is 6.94. The van der Waals surface area contributed by atoms with Gasteiger partial charge < -0.3 is 19.7 Å². The molecule has 1 aliphatic heterocycles. The number of hydrogen-bond acceptors (Lipinski definition) is 4. The van der Waals surface area contributed by atoms with Gasteiger partial charge in [0.2, 0.25) is 11.8 Å². The van der Waals surface area contributed by atoms with Gasteiger partial charge in [0.25, 0.3) is 0 Å². The van der Waals surface area contributed by atoms with E-state index in [1.165, 1.54) is 5.56 Å². The second kappa shape index (κ2) is 9.77. The Hall–Kier alpha value is -3.80. The molecule has 0 saturated carbocycles. The molecule has 0 spiro atoms. The molecule has 3 aromatic carbocycles. The van der Waals surface area contributed by atoms with Crippen LogP contribution < -0.4 is 19.7 Å². The smallest absolute Gasteiger partial charge is 0.229 e. The van der Waals surface area contributed by atoms with Crippen molar-refractivity contribution in [2.75, 3.05) is 23.4 Å². The third-order valence-electron chi connectivity index (χ3n) is 5.86. The van der Waals surface area contributed by atoms with Gasteiger partial charge in [0.15, 0.2) is 0 Å². The molecule has 4 rings (SSSR count). The van der Waals surface area contributed by atoms with Gasteiger partial charge in [-0.05, 0) is 86.5 Å². The van der Waals surface area contributed by atoms with Crippen molar-refractivity contribution < 1.29 is 19.1 Å². The van der Waals surface area contributed by atoms with Crippen molar-refractivity contribution in [2.45, 2.75) is 27.2 Å². The second-order valence-corrected chi connectivity index (χ2v) is 8.15. The fourth-order valence-electron chi connectivity index (χ4n) is 3.83. The Morgan fingerprint density at radius 3 is 2.39 bits per heavy atom. The first-order chi connectivity index (χ1) is 15.9. The number of nitrogens with zero attached hydrogens (tertiary/aromatic N) is 1. The number of rotatable bonds is 7. The first kappa shape index (κ1) is 22.4. The van der Waals surface area contributed by atoms with Gasteiger partial charge in [0, 0.05) is 24.3 Å². The monoisotopic (exact) mass is 444 g/mol. The molecule has 3 aromatic rings. The van der Waals surface area contributed by atoms with Gasteiger partial charge in [-0.3, -0.25) is 9.59 Å². The van der Waals surface area contributed by atoms with E-state index >= 15 is 0 Å². The molecule has 0 aliphatic carbocycles. The van der Waals surface area contributed by atoms with E-state index in [2.05, 4.69) is 5.32 Å². The zero-order valence-corrected chi connectivity index (χ0v) is 19.1. The fraction of sp³-hybridized carbons (Fsp3) is 0.259. The van der Waals surface area contributed by atoms with E-state index in [-0.39, 0.29) is 18.2 Å². The van der Waals surface area contributed by atoms with Crippen molar-refractivity contribution in [1.82, 2.24) is 0 Å². The lowest BCUT2D eigenvalue weighted by atomic mass is 10.1. The second-order valence-electron chi connectivity index (χ2n) is 8.15. The van der Waals surface area contributed by atoms with E-state index in [4.69, 9.17) is 9.47 Å². The SMILES string of the molecule is CCOc1ccc(N2C[C@@H](C(=O)Nc3ccc(Oc4cccc(C)c4C)cc3)CC2=O)cc1. The molecule has 1 fully saturated rings. The Balaban J connectivity index is 1.36. The van der Waals surface area contributed by atoms with Crippen LogP contribution >= 0.6 is 0 Å². The minimum atomic E-state index is -0.407. The van der Waals surface area contributed by atoms with Gasteiger partial charge >= 0.3 is 0 Å². The fourth-order valence-corrected chi connectivity index (χ4v) is 3.83. The largest absolute Gasteiger partial charge is 0.494 e. The van der Waals surface area contributed by atoms with E-state index in [0.717, 1.165) is 22.7 Å². The van der Waals surface area contributed by atoms with Crippen molar-refractivity contribution >= 4 is 23.2 Å². The summed E-state index contributed by atoms with van der Waals surface area (Å²) >= 11 is 0. The lowest BCUT2D eigenvalue weighted by molar-refractivity contribution is -0.122. The quantitative estimate of drug-likeness (QED) is 0.524. The zero-order valence-electron chi connectivity index (χ0n) is 19.1. The van der Waals surface area contributed by atoms with E-state index in [9.17, 15) is 9.59 Å². The van der Waals surface area contributed by atoms with Crippen molar-refractivity contribution in [1.29, 1.82) is 0 Å². The van der Waals surface area contributed by atoms with Crippen LogP contribution in [0.4, 0.5) is 11.4 Å². The molecule has 1 atom stereocenters. The molecule has 0 aromatic heterocycles. The van der Waals surface area contributed by atoms with Crippen molar-refractivity contribution in [3.63, 3.8) is 0 Å². The maximum absolute atomic E-state index is 12.8. The van der Waals surface area contributed by atoms with Gasteiger partial charge in [-0.2, -0.15) is 0 Å². The maximum Gasteiger partial charge on any atom is 0.229 e. The number of carbonyl (C=O) groups excluding carboxylic acids is 2. The lowest BCUT2D eigenvalue weighted by Gasteiger charge is -2.17. The Bertz CT molecular complexity index is 1140. The topological polar surface area (TPSA) is 67.9 Å². The number of carbonyl (C=O) groups is 2. The van der Waals surface area contributed by atoms with E-state index < -0.39 is 5.92 Å². The van der Waals surface area contributed by atoms with Crippen LogP contribution in [0.15, 0.2) is 66.7 Å². The number of benzene rings is 3. The lowest BCUT2D eigenvalue weighted by Crippen LogP contribution is -2.28. The Kier molecular flexibility index (Phi) is 6.63. The molecule has 33 heavy (non-hydrogen) atoms. The van der Waals surface area contributed by atoms with Crippen molar-refractivity contribution in [2.24, 2.45) is 5.92 Å². The number of ether oxygens (including phenoxy) is 2. The highest BCUT2D eigenvalue weighted by molar-refractivity contribution is 6.03. The van der Waals surface area contributed by atoms with Crippen molar-refractivity contribution in [3.8, 4) is 17.2 Å². The van der Waals surface area contributed by atoms with Crippen LogP contribution in [0.3, 0.4) is 0 Å². The van der Waals surface area contributed by atoms with Crippen LogP contribution in [-0.2, 0) is 9.59 Å². The highest BCUT2D eigenvalue weighted by atomic mass is 16.5. The molecule has 2 amide bonds. The molecule has 1 aliphatic rings. The Labute approximate surface area is 194 Å². The van der Waals surface area contributed by atoms with Crippen LogP contribution in [0.1, 0.15) is 24.5 Å². The summed E-state index contributed by atoms with van der Waals surface area (Å²) in [5, 5.41) is 2.92. The third kappa shape index (κ3) is 5.17. The summed E-state index contributed by atoms with van der Waals surface area (Å²) in [6.07, 6.45) is 0.187. The predicted octanol–water partition coefficient (Wildman–Crippen LogP) is 5.49. The van der Waals surface area contributed by atoms with Gasteiger partial charge in [-0.25, -0.2) is 0 Å². The number of nitrogens with one attached hydrogen (secondary N) is 1. The molecule has 0 radical (unpaired) electrons. The third-order valence-corrected chi connectivity index (χ3v) is 5.86. The Morgan fingerprint density at radius 2 is 1.70 bits per heavy atom. The molecule has 6 heteroatoms. The predicted molar refractivity (Wildman–Crippen MR) is 129 cm³/mol. The first-order valence-electron chi connectivity index (χ1n) is 11.1. The van der Waals surface area contributed by atoms with Crippen LogP contribution in [0, 0.1) is 19.8 Å². The van der Waals surface area contributed by atoms with Crippen molar-refractivity contribution in [3.05, 3.63) is 77.9 Å². The molecule has 6 nitrogen and oxygen atoms in total. The minimum Gasteiger partial charge on any atom is -0.494 e. The molecule has 170 valence electrons. The normalized spacial score (nSPS) is 15.4. The standard InChI is InChI=1S/C27H28N2O4/c1-4-32-23-14-10-22(11-15-23)29-17-20(16-26(29)30)27(31)28-21-8-12-24(13-9-21)33-25-7-5-6-18(2)19(25)3/h5-15,20H,4,16-17H2,1-3H3,(H,28,31)/t20-/m0/s1. The van der Waals surface area contributed by atoms with Gasteiger partial charge in [-0.1, -0.05) is 12.1 Å². The van der Waals surface area contributed by atoms with Gasteiger partial charge in [0.05, 0.1) is 12.5 Å². The average molecular weight is 445 g/mol. The van der Waals surface area contributed by atoms with E-state index in [1.807, 2.05) is 75.4 Å². The summed E-state index contributed by atoms with van der Waals surface area (Å²) in [6, 6.07) is 20.6. The van der Waals surface area contributed by atoms with E-state index in [1.54, 1.807) is 17.0 Å². The summed E-state index contributed by atoms with van der Waals surface area (Å²) in [7, 11) is 0. The van der Waals surface area contributed by atoms with Gasteiger partial charge in [-0.15, -0.1) is 0 Å². The summed E-state index contributed by atoms with van der Waals surface area (Å²) in [4.78, 5) is 27.0. The maximum atomic E-state index is 12.8. The summed E-state index contributed by atoms with van der Waals surface area (Å²) < 4.78 is 11.4. The summed E-state index contributed by atoms with van der Waals surface area (Å²) in [5.74, 6) is 1.63. The minimum absolute atomic E-state index is 0.0587. The highest BCUT2D eigenvalue weighted by Gasteiger charge is 2.35. The highest BCUT2D eigenvalue weighted by Crippen LogP contribution is 2.29. The van der Waals surface area contributed by atoms with Crippen LogP contribution in [0.2, 0.25) is 0 Å². The first-order valence-corrected chi connectivity index (χ1v) is 11.1. The average Bonchev–Trinajstić information content (AvgIpc) is 3.21. The van der Waals surface area contributed by atoms with Crippen LogP contribution in [0.5, 0.6) is 17.2 Å². The zero-order chi connectivity index (χ0) is 23.4. The van der Waals surface area contributed by atoms with E-state index in [0.29, 0.717) is 24.6 Å². The number of aryl methyl sites for hydroxylation is 1.